The Morgan fingerprint density at radius 1 is 0.882 bits per heavy atom. The number of nitriles is 1. The second kappa shape index (κ2) is 12.8. The zero-order valence-corrected chi connectivity index (χ0v) is 30.1. The van der Waals surface area contributed by atoms with Crippen LogP contribution in [0.5, 0.6) is 34.5 Å². The van der Waals surface area contributed by atoms with Crippen molar-refractivity contribution in [3.05, 3.63) is 75.0 Å². The van der Waals surface area contributed by atoms with Crippen LogP contribution in [0.15, 0.2) is 30.3 Å². The molecule has 4 aromatic rings. The Morgan fingerprint density at radius 2 is 1.47 bits per heavy atom. The van der Waals surface area contributed by atoms with Gasteiger partial charge in [0.05, 0.1) is 52.1 Å². The lowest BCUT2D eigenvalue weighted by Gasteiger charge is -2.60. The molecule has 1 saturated heterocycles. The lowest BCUT2D eigenvalue weighted by molar-refractivity contribution is -0.0724. The number of rotatable bonds is 7. The summed E-state index contributed by atoms with van der Waals surface area (Å²) in [7, 11) is 8.17. The molecule has 12 nitrogen and oxygen atoms in total. The topological polar surface area (TPSA) is 150 Å². The summed E-state index contributed by atoms with van der Waals surface area (Å²) >= 11 is 0. The molecule has 1 aromatic heterocycles. The molecule has 266 valence electrons. The van der Waals surface area contributed by atoms with Crippen molar-refractivity contribution in [1.82, 2.24) is 20.1 Å². The number of fused-ring (bicyclic) bond motifs is 8. The van der Waals surface area contributed by atoms with Gasteiger partial charge in [-0.15, -0.1) is 0 Å². The smallest absolute Gasteiger partial charge is 0.269 e. The highest BCUT2D eigenvalue weighted by Gasteiger charge is 2.57. The Balaban J connectivity index is 1.40. The van der Waals surface area contributed by atoms with E-state index < -0.39 is 24.2 Å². The van der Waals surface area contributed by atoms with Gasteiger partial charge in [0.1, 0.15) is 23.2 Å². The number of hydrogen-bond donors (Lipinski definition) is 3. The zero-order chi connectivity index (χ0) is 36.5. The van der Waals surface area contributed by atoms with Crippen molar-refractivity contribution in [2.45, 2.75) is 63.8 Å². The fourth-order valence-electron chi connectivity index (χ4n) is 9.07. The minimum Gasteiger partial charge on any atom is -0.504 e. The molecule has 3 N–H and O–H groups in total. The molecule has 3 aromatic carbocycles. The maximum absolute atomic E-state index is 13.8. The van der Waals surface area contributed by atoms with Gasteiger partial charge >= 0.3 is 0 Å². The maximum Gasteiger partial charge on any atom is 0.269 e. The van der Waals surface area contributed by atoms with Crippen LogP contribution in [0.1, 0.15) is 61.5 Å². The van der Waals surface area contributed by atoms with Gasteiger partial charge in [-0.05, 0) is 58.9 Å². The summed E-state index contributed by atoms with van der Waals surface area (Å²) in [4.78, 5) is 22.7. The number of aromatic hydroxyl groups is 2. The van der Waals surface area contributed by atoms with Crippen molar-refractivity contribution in [2.24, 2.45) is 0 Å². The lowest BCUT2D eigenvalue weighted by Crippen LogP contribution is -2.68. The van der Waals surface area contributed by atoms with E-state index in [1.54, 1.807) is 20.3 Å². The molecule has 4 heterocycles. The number of carbonyl (C=O) groups excluding carboxylic acids is 1. The third-order valence-electron chi connectivity index (χ3n) is 11.2. The van der Waals surface area contributed by atoms with Crippen LogP contribution < -0.4 is 24.3 Å². The van der Waals surface area contributed by atoms with Gasteiger partial charge in [-0.2, -0.15) is 5.26 Å². The third kappa shape index (κ3) is 5.01. The van der Waals surface area contributed by atoms with Crippen LogP contribution >= 0.6 is 0 Å². The summed E-state index contributed by atoms with van der Waals surface area (Å²) in [5.74, 6) is 1.36. The molecule has 0 unspecified atom stereocenters. The number of benzene rings is 3. The summed E-state index contributed by atoms with van der Waals surface area (Å²) in [5.41, 5.74) is 6.16. The minimum atomic E-state index is -0.685. The van der Waals surface area contributed by atoms with Crippen LogP contribution in [0.4, 0.5) is 0 Å². The highest BCUT2D eigenvalue weighted by molar-refractivity contribution is 5.95. The van der Waals surface area contributed by atoms with E-state index in [1.807, 2.05) is 52.1 Å². The zero-order valence-electron chi connectivity index (χ0n) is 30.1. The molecule has 1 fully saturated rings. The van der Waals surface area contributed by atoms with Crippen LogP contribution in [0.3, 0.4) is 0 Å². The first-order chi connectivity index (χ1) is 24.5. The van der Waals surface area contributed by atoms with Gasteiger partial charge < -0.3 is 34.5 Å². The monoisotopic (exact) mass is 693 g/mol. The molecule has 0 radical (unpaired) electrons. The first-order valence-electron chi connectivity index (χ1n) is 17.0. The average molecular weight is 694 g/mol. The Morgan fingerprint density at radius 3 is 2.08 bits per heavy atom. The Kier molecular flexibility index (Phi) is 8.60. The molecule has 0 aliphatic carbocycles. The van der Waals surface area contributed by atoms with Crippen molar-refractivity contribution >= 4 is 16.8 Å². The number of piperazine rings is 1. The van der Waals surface area contributed by atoms with E-state index in [0.717, 1.165) is 22.1 Å². The molecule has 2 bridgehead atoms. The largest absolute Gasteiger partial charge is 0.504 e. The van der Waals surface area contributed by atoms with Gasteiger partial charge in [-0.25, -0.2) is 4.98 Å². The number of amides is 1. The van der Waals surface area contributed by atoms with Crippen LogP contribution in [-0.4, -0.2) is 91.1 Å². The van der Waals surface area contributed by atoms with Gasteiger partial charge in [0, 0.05) is 57.4 Å². The number of phenols is 2. The Labute approximate surface area is 297 Å². The van der Waals surface area contributed by atoms with Gasteiger partial charge in [-0.3, -0.25) is 14.6 Å². The van der Waals surface area contributed by atoms with Crippen molar-refractivity contribution in [3.63, 3.8) is 0 Å². The first-order valence-corrected chi connectivity index (χ1v) is 17.0. The maximum atomic E-state index is 13.8. The van der Waals surface area contributed by atoms with Crippen LogP contribution in [-0.2, 0) is 12.8 Å². The molecular formula is C39H43N5O7. The van der Waals surface area contributed by atoms with Crippen LogP contribution in [0, 0.1) is 32.1 Å². The number of likely N-dealkylation sites (N-methyl/N-ethyl adjacent to an activating group) is 1. The molecule has 0 spiro atoms. The fourth-order valence-corrected chi connectivity index (χ4v) is 9.07. The third-order valence-corrected chi connectivity index (χ3v) is 11.2. The molecule has 51 heavy (non-hydrogen) atoms. The second-order valence-corrected chi connectivity index (χ2v) is 13.7. The van der Waals surface area contributed by atoms with E-state index in [-0.39, 0.29) is 41.4 Å². The number of aryl methyl sites for hydroxylation is 1. The molecule has 7 rings (SSSR count). The van der Waals surface area contributed by atoms with Crippen molar-refractivity contribution in [1.29, 1.82) is 5.26 Å². The molecular weight excluding hydrogens is 650 g/mol. The highest BCUT2D eigenvalue weighted by atomic mass is 16.5. The van der Waals surface area contributed by atoms with Gasteiger partial charge in [-0.1, -0.05) is 17.7 Å². The number of pyridine rings is 1. The molecule has 1 amide bonds. The summed E-state index contributed by atoms with van der Waals surface area (Å²) in [6.45, 7) is 5.73. The second-order valence-electron chi connectivity index (χ2n) is 13.7. The summed E-state index contributed by atoms with van der Waals surface area (Å²) in [5, 5.41) is 38.7. The number of aromatic nitrogens is 1. The first kappa shape index (κ1) is 34.2. The summed E-state index contributed by atoms with van der Waals surface area (Å²) < 4.78 is 23.3. The van der Waals surface area contributed by atoms with E-state index in [1.165, 1.54) is 14.2 Å². The quantitative estimate of drug-likeness (QED) is 0.245. The predicted octanol–water partition coefficient (Wildman–Crippen LogP) is 4.81. The van der Waals surface area contributed by atoms with Gasteiger partial charge in [0.15, 0.2) is 23.0 Å². The molecule has 3 aliphatic rings. The SMILES string of the molecule is COc1c(C)c(OC)c2c(c1O)[C@@H]1[C@@H]3Cc4c(OC)c(C)c(OC)c(O)c4[C@H](CNC(=O)c4ccc5cc(C)ccc5n4)N3[C@@H](C#N)[C@H](C2)N1C. The van der Waals surface area contributed by atoms with E-state index in [0.29, 0.717) is 57.9 Å². The van der Waals surface area contributed by atoms with E-state index in [9.17, 15) is 20.3 Å². The number of methoxy groups -OCH3 is 4. The standard InChI is InChI=1S/C39H43N5O7/c1-18-9-11-24-21(13-18)10-12-25(42-24)39(47)41-17-29-30-22(35(48-5)19(2)37(50-7)33(30)45)15-27-32-31-23(14-26(43(32)4)28(16-40)44(27)29)36(49-6)20(3)38(51-8)34(31)46/h9-13,26-29,32,45-46H,14-15,17H2,1-8H3,(H,41,47)/t26-,27-,28-,29-,32-/m0/s1. The van der Waals surface area contributed by atoms with Crippen LogP contribution in [0.2, 0.25) is 0 Å². The minimum absolute atomic E-state index is 0.0328. The molecule has 12 heteroatoms. The molecule has 0 saturated carbocycles. The van der Waals surface area contributed by atoms with Crippen molar-refractivity contribution < 1.29 is 34.0 Å². The van der Waals surface area contributed by atoms with E-state index in [4.69, 9.17) is 18.9 Å². The van der Waals surface area contributed by atoms with Gasteiger partial charge in [0.25, 0.3) is 5.91 Å². The molecule has 3 aliphatic heterocycles. The number of nitrogens with one attached hydrogen (secondary N) is 1. The number of phenolic OH excluding ortho intramolecular Hbond substituents is 2. The number of carbonyl (C=O) groups is 1. The summed E-state index contributed by atoms with van der Waals surface area (Å²) in [6, 6.07) is 9.53. The number of hydrogen-bond acceptors (Lipinski definition) is 11. The predicted molar refractivity (Wildman–Crippen MR) is 190 cm³/mol. The van der Waals surface area contributed by atoms with Crippen LogP contribution in [0.25, 0.3) is 10.9 Å². The lowest BCUT2D eigenvalue weighted by atomic mass is 9.71. The van der Waals surface area contributed by atoms with Gasteiger partial charge in [0.2, 0.25) is 0 Å². The Bertz CT molecular complexity index is 2130. The van der Waals surface area contributed by atoms with E-state index in [2.05, 4.69) is 26.2 Å². The fraction of sp³-hybridized carbons (Fsp3) is 0.410. The van der Waals surface area contributed by atoms with E-state index >= 15 is 0 Å². The average Bonchev–Trinajstić information content (AvgIpc) is 3.11. The normalized spacial score (nSPS) is 22.3. The Hall–Kier alpha value is -5.25. The number of nitrogens with zero attached hydrogens (tertiary/aromatic N) is 4. The highest BCUT2D eigenvalue weighted by Crippen LogP contribution is 2.58. The summed E-state index contributed by atoms with van der Waals surface area (Å²) in [6.07, 6.45) is 0.786. The van der Waals surface area contributed by atoms with Crippen molar-refractivity contribution in [3.8, 4) is 40.6 Å². The van der Waals surface area contributed by atoms with Crippen molar-refractivity contribution in [2.75, 3.05) is 42.0 Å². The number of ether oxygens (including phenoxy) is 4. The molecule has 5 atom stereocenters.